The molecule has 0 unspecified atom stereocenters. The van der Waals surface area contributed by atoms with Gasteiger partial charge in [-0.25, -0.2) is 4.79 Å². The summed E-state index contributed by atoms with van der Waals surface area (Å²) < 4.78 is 0. The van der Waals surface area contributed by atoms with Gasteiger partial charge in [-0.1, -0.05) is 84.0 Å². The van der Waals surface area contributed by atoms with Gasteiger partial charge in [-0.2, -0.15) is 0 Å². The molecule has 0 bridgehead atoms. The molecule has 0 spiro atoms. The molecule has 0 aromatic heterocycles. The second-order valence-corrected chi connectivity index (χ2v) is 9.98. The van der Waals surface area contributed by atoms with Gasteiger partial charge in [-0.05, 0) is 39.2 Å². The monoisotopic (exact) mass is 545 g/mol. The fourth-order valence-electron chi connectivity index (χ4n) is 3.97. The number of aliphatic hydroxyl groups is 1. The molecule has 10 heteroatoms. The molecule has 10 nitrogen and oxygen atoms in total. The quantitative estimate of drug-likeness (QED) is 0.104. The lowest BCUT2D eigenvalue weighted by molar-refractivity contribution is -0.145. The van der Waals surface area contributed by atoms with Crippen LogP contribution in [0.3, 0.4) is 0 Å². The molecule has 38 heavy (non-hydrogen) atoms. The first-order valence-corrected chi connectivity index (χ1v) is 14.5. The lowest BCUT2D eigenvalue weighted by Crippen LogP contribution is -2.54. The number of carboxylic acids is 2. The predicted octanol–water partition coefficient (Wildman–Crippen LogP) is 4.12. The molecule has 0 aliphatic heterocycles. The van der Waals surface area contributed by atoms with Gasteiger partial charge < -0.3 is 31.7 Å². The summed E-state index contributed by atoms with van der Waals surface area (Å²) in [5.74, 6) is -2.95. The summed E-state index contributed by atoms with van der Waals surface area (Å²) in [5, 5.41) is 31.3. The van der Waals surface area contributed by atoms with Gasteiger partial charge >= 0.3 is 5.97 Å². The number of carbonyl (C=O) groups is 4. The van der Waals surface area contributed by atoms with E-state index in [0.717, 1.165) is 26.2 Å². The highest BCUT2D eigenvalue weighted by Gasteiger charge is 2.29. The summed E-state index contributed by atoms with van der Waals surface area (Å²) in [4.78, 5) is 45.2. The maximum absolute atomic E-state index is 12.5. The van der Waals surface area contributed by atoms with E-state index in [2.05, 4.69) is 17.6 Å². The molecule has 0 fully saturated rings. The SMILES string of the molecule is CC(=O)O.CCCCCCCCCCCCCCCC(=O)N[C@@H](CCCCN)C(=O)N[C@H](C(=O)O)[C@@H](C)O. The Hall–Kier alpha value is -2.20. The van der Waals surface area contributed by atoms with E-state index in [1.54, 1.807) is 0 Å². The summed E-state index contributed by atoms with van der Waals surface area (Å²) in [6.45, 7) is 5.11. The Labute approximate surface area is 229 Å². The molecule has 2 amide bonds. The van der Waals surface area contributed by atoms with Gasteiger partial charge in [0.2, 0.25) is 11.8 Å². The Morgan fingerprint density at radius 1 is 0.737 bits per heavy atom. The third kappa shape index (κ3) is 25.4. The molecule has 0 aliphatic carbocycles. The average Bonchev–Trinajstić information content (AvgIpc) is 2.84. The first-order valence-electron chi connectivity index (χ1n) is 14.5. The van der Waals surface area contributed by atoms with Crippen LogP contribution in [0, 0.1) is 0 Å². The van der Waals surface area contributed by atoms with Crippen LogP contribution in [0.15, 0.2) is 0 Å². The first-order chi connectivity index (χ1) is 18.1. The fourth-order valence-corrected chi connectivity index (χ4v) is 3.97. The Balaban J connectivity index is 0. The van der Waals surface area contributed by atoms with E-state index in [-0.39, 0.29) is 5.91 Å². The van der Waals surface area contributed by atoms with E-state index in [9.17, 15) is 24.6 Å². The summed E-state index contributed by atoms with van der Waals surface area (Å²) in [6.07, 6.45) is 16.8. The van der Waals surface area contributed by atoms with Gasteiger partial charge in [0.1, 0.15) is 6.04 Å². The van der Waals surface area contributed by atoms with Crippen molar-refractivity contribution in [3.8, 4) is 0 Å². The van der Waals surface area contributed by atoms with E-state index < -0.39 is 36.0 Å². The molecule has 224 valence electrons. The van der Waals surface area contributed by atoms with Crippen molar-refractivity contribution < 1.29 is 34.5 Å². The lowest BCUT2D eigenvalue weighted by Gasteiger charge is -2.22. The largest absolute Gasteiger partial charge is 0.481 e. The molecule has 0 rings (SSSR count). The zero-order valence-corrected chi connectivity index (χ0v) is 24.0. The number of unbranched alkanes of at least 4 members (excludes halogenated alkanes) is 13. The molecule has 0 aliphatic rings. The number of hydrogen-bond acceptors (Lipinski definition) is 6. The van der Waals surface area contributed by atoms with E-state index in [4.69, 9.17) is 15.6 Å². The minimum absolute atomic E-state index is 0.208. The number of nitrogens with one attached hydrogen (secondary N) is 2. The van der Waals surface area contributed by atoms with Gasteiger partial charge in [-0.3, -0.25) is 14.4 Å². The number of aliphatic hydroxyl groups excluding tert-OH is 1. The predicted molar refractivity (Wildman–Crippen MR) is 150 cm³/mol. The van der Waals surface area contributed by atoms with E-state index >= 15 is 0 Å². The molecular formula is C28H55N3O7. The van der Waals surface area contributed by atoms with Crippen LogP contribution in [0.4, 0.5) is 0 Å². The zero-order valence-electron chi connectivity index (χ0n) is 24.0. The average molecular weight is 546 g/mol. The van der Waals surface area contributed by atoms with Gasteiger partial charge in [0.15, 0.2) is 6.04 Å². The molecule has 7 N–H and O–H groups in total. The van der Waals surface area contributed by atoms with Crippen molar-refractivity contribution in [1.82, 2.24) is 10.6 Å². The van der Waals surface area contributed by atoms with Gasteiger partial charge in [-0.15, -0.1) is 0 Å². The maximum atomic E-state index is 12.5. The Kier molecular flexibility index (Phi) is 26.4. The molecule has 0 aromatic rings. The zero-order chi connectivity index (χ0) is 29.2. The number of hydrogen-bond donors (Lipinski definition) is 6. The molecule has 0 heterocycles. The standard InChI is InChI=1S/C26H51N3O5.C2H4O2/c1-3-4-5-6-7-8-9-10-11-12-13-14-15-19-23(31)28-22(18-16-17-20-27)25(32)29-24(21(2)30)26(33)34;1-2(3)4/h21-22,24,30H,3-20,27H2,1-2H3,(H,28,31)(H,29,32)(H,33,34);1H3,(H,3,4)/t21-,22+,24+;/m1./s1. The molecule has 0 radical (unpaired) electrons. The normalized spacial score (nSPS) is 13.0. The van der Waals surface area contributed by atoms with E-state index in [0.29, 0.717) is 32.2 Å². The van der Waals surface area contributed by atoms with Gasteiger partial charge in [0, 0.05) is 13.3 Å². The van der Waals surface area contributed by atoms with Crippen LogP contribution in [0.2, 0.25) is 0 Å². The summed E-state index contributed by atoms with van der Waals surface area (Å²) >= 11 is 0. The number of carbonyl (C=O) groups excluding carboxylic acids is 2. The minimum atomic E-state index is -1.41. The van der Waals surface area contributed by atoms with Crippen LogP contribution in [-0.4, -0.2) is 63.8 Å². The van der Waals surface area contributed by atoms with Crippen LogP contribution in [-0.2, 0) is 19.2 Å². The number of amides is 2. The van der Waals surface area contributed by atoms with Crippen LogP contribution < -0.4 is 16.4 Å². The van der Waals surface area contributed by atoms with Crippen molar-refractivity contribution in [3.05, 3.63) is 0 Å². The van der Waals surface area contributed by atoms with Crippen molar-refractivity contribution in [3.63, 3.8) is 0 Å². The number of nitrogens with two attached hydrogens (primary N) is 1. The highest BCUT2D eigenvalue weighted by molar-refractivity contribution is 5.90. The number of rotatable bonds is 23. The second-order valence-electron chi connectivity index (χ2n) is 9.98. The highest BCUT2D eigenvalue weighted by Crippen LogP contribution is 2.13. The van der Waals surface area contributed by atoms with E-state index in [1.165, 1.54) is 71.1 Å². The van der Waals surface area contributed by atoms with Crippen LogP contribution in [0.25, 0.3) is 0 Å². The summed E-state index contributed by atoms with van der Waals surface area (Å²) in [6, 6.07) is -2.25. The summed E-state index contributed by atoms with van der Waals surface area (Å²) in [5.41, 5.74) is 5.52. The minimum Gasteiger partial charge on any atom is -0.481 e. The van der Waals surface area contributed by atoms with Crippen molar-refractivity contribution in [1.29, 1.82) is 0 Å². The highest BCUT2D eigenvalue weighted by atomic mass is 16.4. The van der Waals surface area contributed by atoms with Crippen molar-refractivity contribution >= 4 is 23.8 Å². The third-order valence-corrected chi connectivity index (χ3v) is 6.15. The molecule has 3 atom stereocenters. The Morgan fingerprint density at radius 2 is 1.18 bits per heavy atom. The molecular weight excluding hydrogens is 490 g/mol. The van der Waals surface area contributed by atoms with Crippen molar-refractivity contribution in [2.75, 3.05) is 6.54 Å². The number of aliphatic carboxylic acids is 2. The Bertz CT molecular complexity index is 626. The fraction of sp³-hybridized carbons (Fsp3) is 0.857. The maximum Gasteiger partial charge on any atom is 0.328 e. The second kappa shape index (κ2) is 26.4. The van der Waals surface area contributed by atoms with Gasteiger partial charge in [0.05, 0.1) is 6.10 Å². The van der Waals surface area contributed by atoms with Crippen molar-refractivity contribution in [2.45, 2.75) is 148 Å². The van der Waals surface area contributed by atoms with Gasteiger partial charge in [0.25, 0.3) is 5.97 Å². The Morgan fingerprint density at radius 3 is 1.58 bits per heavy atom. The van der Waals surface area contributed by atoms with Crippen LogP contribution in [0.1, 0.15) is 130 Å². The van der Waals surface area contributed by atoms with Crippen LogP contribution in [0.5, 0.6) is 0 Å². The molecule has 0 aromatic carbocycles. The topological polar surface area (TPSA) is 179 Å². The first kappa shape index (κ1) is 37.9. The lowest BCUT2D eigenvalue weighted by atomic mass is 10.0. The molecule has 0 saturated carbocycles. The number of carboxylic acid groups (broad SMARTS) is 2. The third-order valence-electron chi connectivity index (χ3n) is 6.15. The van der Waals surface area contributed by atoms with E-state index in [1.807, 2.05) is 0 Å². The van der Waals surface area contributed by atoms with Crippen LogP contribution >= 0.6 is 0 Å². The smallest absolute Gasteiger partial charge is 0.328 e. The molecule has 0 saturated heterocycles. The summed E-state index contributed by atoms with van der Waals surface area (Å²) in [7, 11) is 0. The van der Waals surface area contributed by atoms with Crippen molar-refractivity contribution in [2.24, 2.45) is 5.73 Å².